The minimum absolute atomic E-state index is 0.503. The number of hydrogen-bond acceptors (Lipinski definition) is 4. The van der Waals surface area contributed by atoms with Crippen LogP contribution in [0, 0.1) is 11.3 Å². The zero-order chi connectivity index (χ0) is 9.26. The van der Waals surface area contributed by atoms with Gasteiger partial charge in [0.05, 0.1) is 17.4 Å². The van der Waals surface area contributed by atoms with Gasteiger partial charge in [0, 0.05) is 6.04 Å². The van der Waals surface area contributed by atoms with Crippen LogP contribution in [0.1, 0.15) is 18.4 Å². The number of rotatable bonds is 2. The lowest BCUT2D eigenvalue weighted by atomic mass is 10.2. The Labute approximate surface area is 76.4 Å². The fraction of sp³-hybridized carbons (Fsp3) is 0.333. The summed E-state index contributed by atoms with van der Waals surface area (Å²) in [7, 11) is 0. The van der Waals surface area contributed by atoms with E-state index in [9.17, 15) is 0 Å². The lowest BCUT2D eigenvalue weighted by Crippen LogP contribution is -2.05. The van der Waals surface area contributed by atoms with Gasteiger partial charge in [-0.2, -0.15) is 5.26 Å². The average molecular weight is 174 g/mol. The van der Waals surface area contributed by atoms with Gasteiger partial charge < -0.3 is 11.1 Å². The molecule has 2 rings (SSSR count). The van der Waals surface area contributed by atoms with Crippen LogP contribution in [0.5, 0.6) is 0 Å². The normalized spacial score (nSPS) is 15.0. The van der Waals surface area contributed by atoms with E-state index in [-0.39, 0.29) is 0 Å². The van der Waals surface area contributed by atoms with E-state index < -0.39 is 0 Å². The predicted octanol–water partition coefficient (Wildman–Crippen LogP) is 1.11. The van der Waals surface area contributed by atoms with E-state index >= 15 is 0 Å². The molecular formula is C9H10N4. The van der Waals surface area contributed by atoms with E-state index in [2.05, 4.69) is 16.4 Å². The standard InChI is InChI=1S/C9H10N4/c10-4-6-3-7(11)5-12-9(6)13-8-1-2-8/h3,5,8H,1-2,11H2,(H,12,13). The summed E-state index contributed by atoms with van der Waals surface area (Å²) < 4.78 is 0. The van der Waals surface area contributed by atoms with Crippen LogP contribution in [0.25, 0.3) is 0 Å². The zero-order valence-corrected chi connectivity index (χ0v) is 7.12. The Bertz CT molecular complexity index is 362. The fourth-order valence-electron chi connectivity index (χ4n) is 1.10. The second-order valence-corrected chi connectivity index (χ2v) is 3.20. The minimum atomic E-state index is 0.503. The Morgan fingerprint density at radius 2 is 2.38 bits per heavy atom. The lowest BCUT2D eigenvalue weighted by Gasteiger charge is -2.05. The zero-order valence-electron chi connectivity index (χ0n) is 7.12. The van der Waals surface area contributed by atoms with Crippen LogP contribution >= 0.6 is 0 Å². The predicted molar refractivity (Wildman–Crippen MR) is 50.0 cm³/mol. The van der Waals surface area contributed by atoms with Crippen molar-refractivity contribution in [2.45, 2.75) is 18.9 Å². The smallest absolute Gasteiger partial charge is 0.144 e. The Hall–Kier alpha value is -1.76. The third kappa shape index (κ3) is 1.70. The molecule has 0 saturated heterocycles. The molecule has 3 N–H and O–H groups in total. The van der Waals surface area contributed by atoms with Gasteiger partial charge in [-0.3, -0.25) is 0 Å². The van der Waals surface area contributed by atoms with Crippen molar-refractivity contribution < 1.29 is 0 Å². The summed E-state index contributed by atoms with van der Waals surface area (Å²) in [6.07, 6.45) is 3.89. The fourth-order valence-corrected chi connectivity index (χ4v) is 1.10. The maximum atomic E-state index is 8.79. The Kier molecular flexibility index (Phi) is 1.78. The molecule has 1 saturated carbocycles. The molecule has 1 aromatic rings. The maximum absolute atomic E-state index is 8.79. The van der Waals surface area contributed by atoms with Crippen LogP contribution in [0.3, 0.4) is 0 Å². The highest BCUT2D eigenvalue weighted by molar-refractivity contribution is 5.58. The molecule has 0 amide bonds. The van der Waals surface area contributed by atoms with Gasteiger partial charge in [0.2, 0.25) is 0 Å². The number of nitrogen functional groups attached to an aromatic ring is 1. The van der Waals surface area contributed by atoms with Crippen molar-refractivity contribution in [3.63, 3.8) is 0 Å². The van der Waals surface area contributed by atoms with Gasteiger partial charge >= 0.3 is 0 Å². The molecule has 0 spiro atoms. The number of hydrogen-bond donors (Lipinski definition) is 2. The van der Waals surface area contributed by atoms with E-state index in [1.807, 2.05) is 0 Å². The molecule has 13 heavy (non-hydrogen) atoms. The van der Waals surface area contributed by atoms with E-state index in [4.69, 9.17) is 11.0 Å². The molecule has 4 nitrogen and oxygen atoms in total. The molecule has 66 valence electrons. The number of aromatic nitrogens is 1. The van der Waals surface area contributed by atoms with Crippen molar-refractivity contribution in [3.8, 4) is 6.07 Å². The first kappa shape index (κ1) is 7.87. The molecule has 0 radical (unpaired) electrons. The van der Waals surface area contributed by atoms with Crippen LogP contribution in [-0.2, 0) is 0 Å². The van der Waals surface area contributed by atoms with Gasteiger partial charge in [0.25, 0.3) is 0 Å². The number of pyridine rings is 1. The van der Waals surface area contributed by atoms with E-state index in [1.165, 1.54) is 0 Å². The first-order chi connectivity index (χ1) is 6.29. The molecule has 0 aliphatic heterocycles. The highest BCUT2D eigenvalue weighted by Crippen LogP contribution is 2.25. The van der Waals surface area contributed by atoms with Gasteiger partial charge in [-0.25, -0.2) is 4.98 Å². The third-order valence-corrected chi connectivity index (χ3v) is 1.95. The molecule has 0 aromatic carbocycles. The van der Waals surface area contributed by atoms with Crippen molar-refractivity contribution in [1.29, 1.82) is 5.26 Å². The SMILES string of the molecule is N#Cc1cc(N)cnc1NC1CC1. The van der Waals surface area contributed by atoms with Crippen LogP contribution in [-0.4, -0.2) is 11.0 Å². The quantitative estimate of drug-likeness (QED) is 0.704. The third-order valence-electron chi connectivity index (χ3n) is 1.95. The van der Waals surface area contributed by atoms with Crippen molar-refractivity contribution in [2.75, 3.05) is 11.1 Å². The van der Waals surface area contributed by atoms with Gasteiger partial charge in [-0.1, -0.05) is 0 Å². The second kappa shape index (κ2) is 2.94. The minimum Gasteiger partial charge on any atom is -0.397 e. The van der Waals surface area contributed by atoms with Gasteiger partial charge in [-0.15, -0.1) is 0 Å². The number of anilines is 2. The van der Waals surface area contributed by atoms with E-state index in [1.54, 1.807) is 12.3 Å². The molecule has 1 aliphatic rings. The summed E-state index contributed by atoms with van der Waals surface area (Å²) in [5.74, 6) is 0.652. The highest BCUT2D eigenvalue weighted by atomic mass is 15.0. The number of nitrogens with two attached hydrogens (primary N) is 1. The van der Waals surface area contributed by atoms with E-state index in [0.29, 0.717) is 23.1 Å². The van der Waals surface area contributed by atoms with Crippen LogP contribution < -0.4 is 11.1 Å². The highest BCUT2D eigenvalue weighted by Gasteiger charge is 2.22. The number of nitriles is 1. The summed E-state index contributed by atoms with van der Waals surface area (Å²) in [4.78, 5) is 4.07. The average Bonchev–Trinajstić information content (AvgIpc) is 2.92. The summed E-state index contributed by atoms with van der Waals surface area (Å²) in [6.45, 7) is 0. The van der Waals surface area contributed by atoms with Crippen molar-refractivity contribution in [1.82, 2.24) is 4.98 Å². The first-order valence-electron chi connectivity index (χ1n) is 4.22. The number of nitrogens with one attached hydrogen (secondary N) is 1. The molecular weight excluding hydrogens is 164 g/mol. The number of nitrogens with zero attached hydrogens (tertiary/aromatic N) is 2. The molecule has 1 aromatic heterocycles. The maximum Gasteiger partial charge on any atom is 0.144 e. The topological polar surface area (TPSA) is 74.7 Å². The molecule has 1 aliphatic carbocycles. The Balaban J connectivity index is 2.27. The first-order valence-corrected chi connectivity index (χ1v) is 4.22. The van der Waals surface area contributed by atoms with Gasteiger partial charge in [0.1, 0.15) is 11.9 Å². The van der Waals surface area contributed by atoms with Crippen molar-refractivity contribution in [3.05, 3.63) is 17.8 Å². The largest absolute Gasteiger partial charge is 0.397 e. The summed E-state index contributed by atoms with van der Waals surface area (Å²) in [5.41, 5.74) is 6.55. The molecule has 0 atom stereocenters. The Morgan fingerprint density at radius 1 is 1.62 bits per heavy atom. The second-order valence-electron chi connectivity index (χ2n) is 3.20. The Morgan fingerprint density at radius 3 is 3.00 bits per heavy atom. The van der Waals surface area contributed by atoms with Crippen molar-refractivity contribution in [2.24, 2.45) is 0 Å². The molecule has 0 unspecified atom stereocenters. The summed E-state index contributed by atoms with van der Waals surface area (Å²) >= 11 is 0. The molecule has 0 bridgehead atoms. The van der Waals surface area contributed by atoms with Crippen LogP contribution in [0.15, 0.2) is 12.3 Å². The van der Waals surface area contributed by atoms with Crippen LogP contribution in [0.2, 0.25) is 0 Å². The summed E-state index contributed by atoms with van der Waals surface area (Å²) in [6, 6.07) is 4.20. The van der Waals surface area contributed by atoms with E-state index in [0.717, 1.165) is 12.8 Å². The van der Waals surface area contributed by atoms with Gasteiger partial charge in [0.15, 0.2) is 0 Å². The van der Waals surface area contributed by atoms with Crippen LogP contribution in [0.4, 0.5) is 11.5 Å². The molecule has 1 heterocycles. The monoisotopic (exact) mass is 174 g/mol. The lowest BCUT2D eigenvalue weighted by molar-refractivity contribution is 1.11. The molecule has 1 fully saturated rings. The summed E-state index contributed by atoms with van der Waals surface area (Å²) in [5, 5.41) is 12.0. The molecule has 4 heteroatoms. The van der Waals surface area contributed by atoms with Crippen molar-refractivity contribution >= 4 is 11.5 Å². The van der Waals surface area contributed by atoms with Gasteiger partial charge in [-0.05, 0) is 18.9 Å².